The van der Waals surface area contributed by atoms with Crippen LogP contribution in [0.15, 0.2) is 40.6 Å². The van der Waals surface area contributed by atoms with Crippen LogP contribution in [0.3, 0.4) is 0 Å². The smallest absolute Gasteiger partial charge is 0.338 e. The molecule has 1 aromatic carbocycles. The Labute approximate surface area is 155 Å². The summed E-state index contributed by atoms with van der Waals surface area (Å²) in [6, 6.07) is 7.06. The Balaban J connectivity index is 1.63. The second kappa shape index (κ2) is 7.18. The number of fused-ring (bicyclic) bond motifs is 1. The van der Waals surface area contributed by atoms with E-state index in [2.05, 4.69) is 0 Å². The third-order valence-electron chi connectivity index (χ3n) is 4.17. The highest BCUT2D eigenvalue weighted by Crippen LogP contribution is 2.24. The van der Waals surface area contributed by atoms with Crippen LogP contribution >= 0.6 is 11.3 Å². The van der Waals surface area contributed by atoms with Gasteiger partial charge >= 0.3 is 5.97 Å². The van der Waals surface area contributed by atoms with Gasteiger partial charge in [0.1, 0.15) is 0 Å². The van der Waals surface area contributed by atoms with Crippen molar-refractivity contribution in [2.75, 3.05) is 6.54 Å². The number of hydrogen-bond donors (Lipinski definition) is 1. The lowest BCUT2D eigenvalue weighted by atomic mass is 10.1. The molecule has 3 rings (SSSR count). The molecule has 0 radical (unpaired) electrons. The van der Waals surface area contributed by atoms with Gasteiger partial charge in [-0.3, -0.25) is 4.79 Å². The zero-order valence-electron chi connectivity index (χ0n) is 14.0. The van der Waals surface area contributed by atoms with Crippen LogP contribution in [0, 0.1) is 0 Å². The first-order valence-corrected chi connectivity index (χ1v) is 10.4. The zero-order chi connectivity index (χ0) is 18.9. The maximum Gasteiger partial charge on any atom is 0.338 e. The molecule has 9 heteroatoms. The molecule has 7 nitrogen and oxygen atoms in total. The average Bonchev–Trinajstić information content (AvgIpc) is 3.08. The van der Waals surface area contributed by atoms with Crippen molar-refractivity contribution in [1.29, 1.82) is 0 Å². The van der Waals surface area contributed by atoms with Gasteiger partial charge in [0.15, 0.2) is 6.10 Å². The summed E-state index contributed by atoms with van der Waals surface area (Å²) in [5.41, 5.74) is 1.28. The number of carbonyl (C=O) groups is 2. The molecular weight excluding hydrogens is 376 g/mol. The quantitative estimate of drug-likeness (QED) is 0.792. The highest BCUT2D eigenvalue weighted by molar-refractivity contribution is 7.89. The molecular formula is C17H18N2O5S2. The molecule has 2 heterocycles. The fourth-order valence-corrected chi connectivity index (χ4v) is 4.16. The number of esters is 1. The third-order valence-corrected chi connectivity index (χ3v) is 6.12. The fraction of sp³-hybridized carbons (Fsp3) is 0.294. The molecule has 0 unspecified atom stereocenters. The Hall–Kier alpha value is -2.23. The molecule has 2 aromatic rings. The predicted octanol–water partition coefficient (Wildman–Crippen LogP) is 1.53. The fourth-order valence-electron chi connectivity index (χ4n) is 2.75. The second-order valence-corrected chi connectivity index (χ2v) is 8.56. The third kappa shape index (κ3) is 3.95. The van der Waals surface area contributed by atoms with Crippen LogP contribution < -0.4 is 5.14 Å². The van der Waals surface area contributed by atoms with Crippen LogP contribution in [-0.4, -0.2) is 37.8 Å². The zero-order valence-corrected chi connectivity index (χ0v) is 15.7. The largest absolute Gasteiger partial charge is 0.449 e. The van der Waals surface area contributed by atoms with E-state index in [1.807, 2.05) is 11.4 Å². The summed E-state index contributed by atoms with van der Waals surface area (Å²) < 4.78 is 27.7. The topological polar surface area (TPSA) is 107 Å². The molecule has 1 aromatic heterocycles. The molecule has 0 saturated carbocycles. The first-order valence-electron chi connectivity index (χ1n) is 7.93. The maximum absolute atomic E-state index is 12.5. The predicted molar refractivity (Wildman–Crippen MR) is 96.1 cm³/mol. The summed E-state index contributed by atoms with van der Waals surface area (Å²) in [5, 5.41) is 7.03. The molecule has 1 amide bonds. The highest BCUT2D eigenvalue weighted by atomic mass is 32.2. The number of sulfonamides is 1. The van der Waals surface area contributed by atoms with Gasteiger partial charge in [-0.15, -0.1) is 11.3 Å². The highest BCUT2D eigenvalue weighted by Gasteiger charge is 2.27. The van der Waals surface area contributed by atoms with E-state index >= 15 is 0 Å². The summed E-state index contributed by atoms with van der Waals surface area (Å²) in [6.07, 6.45) is -0.130. The van der Waals surface area contributed by atoms with Gasteiger partial charge in [-0.25, -0.2) is 18.4 Å². The van der Waals surface area contributed by atoms with Crippen LogP contribution in [-0.2, 0) is 32.5 Å². The molecule has 0 fully saturated rings. The lowest BCUT2D eigenvalue weighted by Gasteiger charge is -2.29. The Morgan fingerprint density at radius 2 is 1.92 bits per heavy atom. The van der Waals surface area contributed by atoms with E-state index in [0.29, 0.717) is 13.1 Å². The van der Waals surface area contributed by atoms with Gasteiger partial charge in [-0.05, 0) is 54.6 Å². The van der Waals surface area contributed by atoms with Crippen molar-refractivity contribution in [3.8, 4) is 0 Å². The van der Waals surface area contributed by atoms with Crippen molar-refractivity contribution in [2.24, 2.45) is 5.14 Å². The van der Waals surface area contributed by atoms with Crippen molar-refractivity contribution < 1.29 is 22.7 Å². The van der Waals surface area contributed by atoms with Crippen molar-refractivity contribution in [2.45, 2.75) is 30.9 Å². The lowest BCUT2D eigenvalue weighted by molar-refractivity contribution is -0.140. The van der Waals surface area contributed by atoms with E-state index < -0.39 is 22.1 Å². The Morgan fingerprint density at radius 1 is 1.23 bits per heavy atom. The van der Waals surface area contributed by atoms with Gasteiger partial charge in [0.2, 0.25) is 10.0 Å². The van der Waals surface area contributed by atoms with Gasteiger partial charge in [0.25, 0.3) is 5.91 Å². The number of primary sulfonamides is 1. The Kier molecular flexibility index (Phi) is 5.12. The van der Waals surface area contributed by atoms with E-state index in [4.69, 9.17) is 9.88 Å². The summed E-state index contributed by atoms with van der Waals surface area (Å²) in [4.78, 5) is 27.6. The number of ether oxygens (including phenoxy) is 1. The molecule has 1 atom stereocenters. The van der Waals surface area contributed by atoms with Crippen molar-refractivity contribution in [3.05, 3.63) is 51.7 Å². The first-order chi connectivity index (χ1) is 12.3. The van der Waals surface area contributed by atoms with Gasteiger partial charge in [-0.1, -0.05) is 0 Å². The summed E-state index contributed by atoms with van der Waals surface area (Å²) in [7, 11) is -3.83. The van der Waals surface area contributed by atoms with Crippen molar-refractivity contribution in [3.63, 3.8) is 0 Å². The molecule has 0 aliphatic carbocycles. The number of carbonyl (C=O) groups excluding carboxylic acids is 2. The molecule has 0 spiro atoms. The van der Waals surface area contributed by atoms with Crippen molar-refractivity contribution >= 4 is 33.2 Å². The SMILES string of the molecule is C[C@H](OC(=O)c1ccc(S(N)(=O)=O)cc1)C(=O)N1CCc2sccc2C1. The molecule has 1 aliphatic rings. The minimum atomic E-state index is -3.83. The van der Waals surface area contributed by atoms with Crippen molar-refractivity contribution in [1.82, 2.24) is 4.90 Å². The summed E-state index contributed by atoms with van der Waals surface area (Å²) in [5.74, 6) is -0.948. The molecule has 138 valence electrons. The monoisotopic (exact) mass is 394 g/mol. The van der Waals surface area contributed by atoms with E-state index in [-0.39, 0.29) is 16.4 Å². The number of rotatable bonds is 4. The van der Waals surface area contributed by atoms with Crippen LogP contribution in [0.1, 0.15) is 27.7 Å². The lowest BCUT2D eigenvalue weighted by Crippen LogP contribution is -2.42. The normalized spacial score (nSPS) is 15.2. The minimum absolute atomic E-state index is 0.0990. The van der Waals surface area contributed by atoms with Gasteiger partial charge in [0.05, 0.1) is 10.5 Å². The van der Waals surface area contributed by atoms with Gasteiger partial charge in [0, 0.05) is 18.0 Å². The molecule has 1 aliphatic heterocycles. The Bertz CT molecular complexity index is 934. The number of benzene rings is 1. The Morgan fingerprint density at radius 3 is 2.58 bits per heavy atom. The van der Waals surface area contributed by atoms with Crippen LogP contribution in [0.2, 0.25) is 0 Å². The van der Waals surface area contributed by atoms with E-state index in [1.165, 1.54) is 36.1 Å². The first kappa shape index (κ1) is 18.6. The van der Waals surface area contributed by atoms with E-state index in [0.717, 1.165) is 12.0 Å². The minimum Gasteiger partial charge on any atom is -0.449 e. The standard InChI is InChI=1S/C17H18N2O5S2/c1-11(16(20)19-8-6-15-13(10-19)7-9-25-15)24-17(21)12-2-4-14(5-3-12)26(18,22)23/h2-5,7,9,11H,6,8,10H2,1H3,(H2,18,22,23)/t11-/m0/s1. The number of hydrogen-bond acceptors (Lipinski definition) is 6. The summed E-state index contributed by atoms with van der Waals surface area (Å²) in [6.45, 7) is 2.64. The van der Waals surface area contributed by atoms with E-state index in [9.17, 15) is 18.0 Å². The number of amides is 1. The molecule has 0 saturated heterocycles. The molecule has 0 bridgehead atoms. The number of nitrogens with zero attached hydrogens (tertiary/aromatic N) is 1. The molecule has 2 N–H and O–H groups in total. The van der Waals surface area contributed by atoms with Gasteiger partial charge in [-0.2, -0.15) is 0 Å². The van der Waals surface area contributed by atoms with E-state index in [1.54, 1.807) is 16.2 Å². The average molecular weight is 394 g/mol. The number of nitrogens with two attached hydrogens (primary N) is 1. The van der Waals surface area contributed by atoms with Crippen LogP contribution in [0.25, 0.3) is 0 Å². The molecule has 26 heavy (non-hydrogen) atoms. The second-order valence-electron chi connectivity index (χ2n) is 6.00. The summed E-state index contributed by atoms with van der Waals surface area (Å²) >= 11 is 1.68. The van der Waals surface area contributed by atoms with Gasteiger partial charge < -0.3 is 9.64 Å². The maximum atomic E-state index is 12.5. The van der Waals surface area contributed by atoms with Crippen LogP contribution in [0.5, 0.6) is 0 Å². The van der Waals surface area contributed by atoms with Crippen LogP contribution in [0.4, 0.5) is 0 Å². The number of thiophene rings is 1.